The lowest BCUT2D eigenvalue weighted by molar-refractivity contribution is -0.111. The first-order valence-electron chi connectivity index (χ1n) is 8.31. The summed E-state index contributed by atoms with van der Waals surface area (Å²) in [5.74, 6) is 0.402. The Bertz CT molecular complexity index is 1050. The predicted octanol–water partition coefficient (Wildman–Crippen LogP) is 6.41. The lowest BCUT2D eigenvalue weighted by atomic mass is 9.98. The molecule has 2 aromatic carbocycles. The van der Waals surface area contributed by atoms with Gasteiger partial charge in [0.2, 0.25) is 5.91 Å². The van der Waals surface area contributed by atoms with Crippen molar-refractivity contribution in [3.63, 3.8) is 0 Å². The zero-order valence-electron chi connectivity index (χ0n) is 15.4. The van der Waals surface area contributed by atoms with Crippen LogP contribution in [0, 0.1) is 13.8 Å². The van der Waals surface area contributed by atoms with E-state index in [-0.39, 0.29) is 5.91 Å². The fourth-order valence-corrected chi connectivity index (χ4v) is 3.60. The number of carbonyl (C=O) groups is 1. The van der Waals surface area contributed by atoms with Gasteiger partial charge in [0.05, 0.1) is 13.4 Å². The molecule has 140 valence electrons. The van der Waals surface area contributed by atoms with E-state index in [0.29, 0.717) is 21.5 Å². The maximum absolute atomic E-state index is 12.5. The molecule has 6 heteroatoms. The number of hydrogen-bond acceptors (Lipinski definition) is 3. The zero-order chi connectivity index (χ0) is 19.7. The van der Waals surface area contributed by atoms with Crippen LogP contribution in [-0.4, -0.2) is 13.0 Å². The molecule has 1 amide bonds. The summed E-state index contributed by atoms with van der Waals surface area (Å²) in [6.07, 6.45) is 3.24. The van der Waals surface area contributed by atoms with Crippen molar-refractivity contribution in [1.29, 1.82) is 0 Å². The molecule has 0 bridgehead atoms. The number of amides is 1. The van der Waals surface area contributed by atoms with Crippen LogP contribution in [0.2, 0.25) is 10.0 Å². The molecule has 3 aromatic rings. The molecule has 0 atom stereocenters. The lowest BCUT2D eigenvalue weighted by Gasteiger charge is -2.13. The molecule has 0 aliphatic rings. The molecule has 0 saturated heterocycles. The molecule has 0 fully saturated rings. The second-order valence-electron chi connectivity index (χ2n) is 6.35. The monoisotopic (exact) mass is 403 g/mol. The molecule has 3 rings (SSSR count). The summed E-state index contributed by atoms with van der Waals surface area (Å²) in [5.41, 5.74) is 4.86. The molecule has 27 heavy (non-hydrogen) atoms. The minimum Gasteiger partial charge on any atom is -0.496 e. The number of benzene rings is 2. The van der Waals surface area contributed by atoms with Gasteiger partial charge in [0, 0.05) is 38.3 Å². The first kappa shape index (κ1) is 19.3. The van der Waals surface area contributed by atoms with Gasteiger partial charge in [-0.05, 0) is 56.2 Å². The second-order valence-corrected chi connectivity index (χ2v) is 7.23. The molecule has 1 N–H and O–H groups in total. The van der Waals surface area contributed by atoms with E-state index in [0.717, 1.165) is 33.2 Å². The van der Waals surface area contributed by atoms with Crippen molar-refractivity contribution in [3.8, 4) is 5.75 Å². The fourth-order valence-electron chi connectivity index (χ4n) is 3.07. The van der Waals surface area contributed by atoms with Gasteiger partial charge >= 0.3 is 0 Å². The third kappa shape index (κ3) is 3.97. The zero-order valence-corrected chi connectivity index (χ0v) is 17.0. The average Bonchev–Trinajstić information content (AvgIpc) is 2.95. The van der Waals surface area contributed by atoms with Crippen molar-refractivity contribution < 1.29 is 13.9 Å². The standard InChI is InChI=1S/C21H19Cl2NO3/c1-11(5-19(25)24-16-7-14(22)6-15(23)8-16)17-9-18-12(2)10-27-21(18)13(3)20(17)26-4/h5-10H,1-4H3,(H,24,25)/b11-5+. The van der Waals surface area contributed by atoms with Crippen LogP contribution in [0.15, 0.2) is 41.0 Å². The Morgan fingerprint density at radius 3 is 2.44 bits per heavy atom. The number of carbonyl (C=O) groups excluding carboxylic acids is 1. The summed E-state index contributed by atoms with van der Waals surface area (Å²) < 4.78 is 11.2. The summed E-state index contributed by atoms with van der Waals surface area (Å²) >= 11 is 12.0. The number of anilines is 1. The number of hydrogen-bond donors (Lipinski definition) is 1. The molecule has 1 aromatic heterocycles. The molecular formula is C21H19Cl2NO3. The number of halogens is 2. The number of methoxy groups -OCH3 is 1. The van der Waals surface area contributed by atoms with Crippen molar-refractivity contribution >= 4 is 51.3 Å². The van der Waals surface area contributed by atoms with Gasteiger partial charge in [-0.3, -0.25) is 4.79 Å². The first-order valence-corrected chi connectivity index (χ1v) is 9.07. The highest BCUT2D eigenvalue weighted by atomic mass is 35.5. The third-order valence-electron chi connectivity index (χ3n) is 4.34. The Kier molecular flexibility index (Phi) is 5.49. The minimum atomic E-state index is -0.283. The molecule has 0 unspecified atom stereocenters. The van der Waals surface area contributed by atoms with Gasteiger partial charge < -0.3 is 14.5 Å². The quantitative estimate of drug-likeness (QED) is 0.512. The van der Waals surface area contributed by atoms with E-state index < -0.39 is 0 Å². The van der Waals surface area contributed by atoms with Crippen LogP contribution in [0.4, 0.5) is 5.69 Å². The molecule has 0 saturated carbocycles. The smallest absolute Gasteiger partial charge is 0.248 e. The average molecular weight is 404 g/mol. The van der Waals surface area contributed by atoms with Gasteiger partial charge in [-0.1, -0.05) is 23.2 Å². The highest BCUT2D eigenvalue weighted by Crippen LogP contribution is 2.37. The van der Waals surface area contributed by atoms with Gasteiger partial charge in [-0.15, -0.1) is 0 Å². The fraction of sp³-hybridized carbons (Fsp3) is 0.190. The Labute approximate surface area is 167 Å². The molecule has 1 heterocycles. The summed E-state index contributed by atoms with van der Waals surface area (Å²) in [7, 11) is 1.61. The third-order valence-corrected chi connectivity index (χ3v) is 4.78. The number of nitrogens with one attached hydrogen (secondary N) is 1. The number of rotatable bonds is 4. The van der Waals surface area contributed by atoms with Crippen LogP contribution in [0.25, 0.3) is 16.5 Å². The second kappa shape index (κ2) is 7.67. The Morgan fingerprint density at radius 2 is 1.81 bits per heavy atom. The number of aryl methyl sites for hydroxylation is 2. The molecule has 4 nitrogen and oxygen atoms in total. The van der Waals surface area contributed by atoms with Crippen LogP contribution >= 0.6 is 23.2 Å². The molecule has 0 aliphatic heterocycles. The van der Waals surface area contributed by atoms with Crippen molar-refractivity contribution in [2.24, 2.45) is 0 Å². The number of fused-ring (bicyclic) bond motifs is 1. The van der Waals surface area contributed by atoms with E-state index in [4.69, 9.17) is 32.4 Å². The Morgan fingerprint density at radius 1 is 1.15 bits per heavy atom. The van der Waals surface area contributed by atoms with E-state index >= 15 is 0 Å². The van der Waals surface area contributed by atoms with Crippen molar-refractivity contribution in [3.05, 3.63) is 63.3 Å². The van der Waals surface area contributed by atoms with Crippen molar-refractivity contribution in [1.82, 2.24) is 0 Å². The molecule has 0 aliphatic carbocycles. The van der Waals surface area contributed by atoms with Gasteiger partial charge in [0.15, 0.2) is 0 Å². The molecule has 0 radical (unpaired) electrons. The van der Waals surface area contributed by atoms with E-state index in [9.17, 15) is 4.79 Å². The first-order chi connectivity index (χ1) is 12.8. The van der Waals surface area contributed by atoms with Crippen LogP contribution in [0.1, 0.15) is 23.6 Å². The lowest BCUT2D eigenvalue weighted by Crippen LogP contribution is -2.08. The van der Waals surface area contributed by atoms with Gasteiger partial charge in [-0.2, -0.15) is 0 Å². The van der Waals surface area contributed by atoms with E-state index in [1.807, 2.05) is 26.8 Å². The Hall–Kier alpha value is -2.43. The van der Waals surface area contributed by atoms with Crippen LogP contribution in [0.3, 0.4) is 0 Å². The SMILES string of the molecule is COc1c(/C(C)=C/C(=O)Nc2cc(Cl)cc(Cl)c2)cc2c(C)coc2c1C. The van der Waals surface area contributed by atoms with Gasteiger partial charge in [0.1, 0.15) is 11.3 Å². The van der Waals surface area contributed by atoms with Crippen LogP contribution in [0.5, 0.6) is 5.75 Å². The van der Waals surface area contributed by atoms with E-state index in [1.165, 1.54) is 6.08 Å². The van der Waals surface area contributed by atoms with Crippen LogP contribution in [-0.2, 0) is 4.79 Å². The van der Waals surface area contributed by atoms with Gasteiger partial charge in [-0.25, -0.2) is 0 Å². The topological polar surface area (TPSA) is 51.5 Å². The highest BCUT2D eigenvalue weighted by molar-refractivity contribution is 6.35. The summed E-state index contributed by atoms with van der Waals surface area (Å²) in [6.45, 7) is 5.79. The number of ether oxygens (including phenoxy) is 1. The summed E-state index contributed by atoms with van der Waals surface area (Å²) in [5, 5.41) is 4.69. The maximum Gasteiger partial charge on any atom is 0.248 e. The van der Waals surface area contributed by atoms with Crippen molar-refractivity contribution in [2.45, 2.75) is 20.8 Å². The van der Waals surface area contributed by atoms with Crippen molar-refractivity contribution in [2.75, 3.05) is 12.4 Å². The maximum atomic E-state index is 12.5. The highest BCUT2D eigenvalue weighted by Gasteiger charge is 2.16. The molecular weight excluding hydrogens is 385 g/mol. The minimum absolute atomic E-state index is 0.283. The summed E-state index contributed by atoms with van der Waals surface area (Å²) in [6, 6.07) is 6.87. The van der Waals surface area contributed by atoms with Crippen LogP contribution < -0.4 is 10.1 Å². The number of allylic oxidation sites excluding steroid dienone is 1. The largest absolute Gasteiger partial charge is 0.496 e. The van der Waals surface area contributed by atoms with Gasteiger partial charge in [0.25, 0.3) is 0 Å². The normalized spacial score (nSPS) is 11.7. The predicted molar refractivity (Wildman–Crippen MR) is 111 cm³/mol. The van der Waals surface area contributed by atoms with E-state index in [2.05, 4.69) is 5.32 Å². The summed E-state index contributed by atoms with van der Waals surface area (Å²) in [4.78, 5) is 12.5. The number of furan rings is 1. The molecule has 0 spiro atoms. The van der Waals surface area contributed by atoms with E-state index in [1.54, 1.807) is 31.6 Å². The Balaban J connectivity index is 1.97.